The molecule has 0 saturated heterocycles. The van der Waals surface area contributed by atoms with Gasteiger partial charge in [-0.3, -0.25) is 4.79 Å². The summed E-state index contributed by atoms with van der Waals surface area (Å²) in [6, 6.07) is 29.6. The second kappa shape index (κ2) is 9.50. The van der Waals surface area contributed by atoms with Gasteiger partial charge in [-0.1, -0.05) is 66.7 Å². The summed E-state index contributed by atoms with van der Waals surface area (Å²) < 4.78 is 5.52. The van der Waals surface area contributed by atoms with Crippen LogP contribution in [0.4, 0.5) is 0 Å². The van der Waals surface area contributed by atoms with Crippen molar-refractivity contribution in [1.82, 2.24) is 5.43 Å². The van der Waals surface area contributed by atoms with Crippen molar-refractivity contribution in [2.45, 2.75) is 6.42 Å². The van der Waals surface area contributed by atoms with Crippen molar-refractivity contribution in [3.63, 3.8) is 0 Å². The van der Waals surface area contributed by atoms with E-state index in [9.17, 15) is 9.59 Å². The van der Waals surface area contributed by atoms with Crippen molar-refractivity contribution < 1.29 is 14.3 Å². The summed E-state index contributed by atoms with van der Waals surface area (Å²) >= 11 is 0. The third-order valence-corrected chi connectivity index (χ3v) is 4.71. The first-order valence-corrected chi connectivity index (χ1v) is 9.85. The first kappa shape index (κ1) is 20.0. The van der Waals surface area contributed by atoms with Crippen LogP contribution < -0.4 is 10.2 Å². The second-order valence-electron chi connectivity index (χ2n) is 6.94. The molecule has 0 atom stereocenters. The van der Waals surface area contributed by atoms with E-state index < -0.39 is 5.97 Å². The molecular formula is C26H20N2O3. The van der Waals surface area contributed by atoms with Gasteiger partial charge in [-0.15, -0.1) is 0 Å². The maximum Gasteiger partial charge on any atom is 0.344 e. The highest BCUT2D eigenvalue weighted by molar-refractivity contribution is 6.05. The van der Waals surface area contributed by atoms with Crippen molar-refractivity contribution in [3.05, 3.63) is 114 Å². The topological polar surface area (TPSA) is 67.8 Å². The molecule has 4 aromatic rings. The Morgan fingerprint density at radius 2 is 1.52 bits per heavy atom. The number of fused-ring (bicyclic) bond motifs is 1. The molecule has 31 heavy (non-hydrogen) atoms. The Balaban J connectivity index is 1.35. The Hall–Kier alpha value is -4.25. The predicted octanol–water partition coefficient (Wildman–Crippen LogP) is 4.75. The Morgan fingerprint density at radius 3 is 2.32 bits per heavy atom. The molecule has 0 heterocycles. The number of hydrogen-bond acceptors (Lipinski definition) is 4. The Morgan fingerprint density at radius 1 is 0.806 bits per heavy atom. The zero-order chi connectivity index (χ0) is 21.5. The van der Waals surface area contributed by atoms with E-state index in [1.165, 1.54) is 0 Å². The average molecular weight is 408 g/mol. The van der Waals surface area contributed by atoms with E-state index in [0.717, 1.165) is 21.9 Å². The number of hydrazone groups is 1. The fraction of sp³-hybridized carbons (Fsp3) is 0.0385. The summed E-state index contributed by atoms with van der Waals surface area (Å²) in [6.45, 7) is 0. The van der Waals surface area contributed by atoms with Crippen molar-refractivity contribution in [3.8, 4) is 5.75 Å². The first-order chi connectivity index (χ1) is 15.2. The zero-order valence-electron chi connectivity index (χ0n) is 16.7. The molecule has 1 amide bonds. The molecule has 0 bridgehead atoms. The molecule has 0 spiro atoms. The van der Waals surface area contributed by atoms with Crippen molar-refractivity contribution in [2.75, 3.05) is 0 Å². The number of nitrogens with one attached hydrogen (secondary N) is 1. The fourth-order valence-corrected chi connectivity index (χ4v) is 3.19. The molecule has 152 valence electrons. The van der Waals surface area contributed by atoms with Gasteiger partial charge in [0.05, 0.1) is 18.2 Å². The number of amides is 1. The molecule has 0 saturated carbocycles. The van der Waals surface area contributed by atoms with Crippen LogP contribution >= 0.6 is 0 Å². The van der Waals surface area contributed by atoms with Gasteiger partial charge in [0, 0.05) is 0 Å². The van der Waals surface area contributed by atoms with E-state index in [-0.39, 0.29) is 12.3 Å². The van der Waals surface area contributed by atoms with Gasteiger partial charge in [0.1, 0.15) is 5.75 Å². The molecule has 0 unspecified atom stereocenters. The summed E-state index contributed by atoms with van der Waals surface area (Å²) in [6.07, 6.45) is 1.81. The van der Waals surface area contributed by atoms with E-state index in [1.807, 2.05) is 66.7 Å². The molecule has 0 aliphatic carbocycles. The van der Waals surface area contributed by atoms with E-state index in [4.69, 9.17) is 4.74 Å². The number of hydrogen-bond donors (Lipinski definition) is 1. The molecule has 5 heteroatoms. The van der Waals surface area contributed by atoms with Gasteiger partial charge < -0.3 is 4.74 Å². The maximum atomic E-state index is 12.6. The molecule has 0 aromatic heterocycles. The lowest BCUT2D eigenvalue weighted by Crippen LogP contribution is -2.19. The molecule has 0 radical (unpaired) electrons. The number of carbonyl (C=O) groups is 2. The summed E-state index contributed by atoms with van der Waals surface area (Å²) in [5.74, 6) is -0.169. The van der Waals surface area contributed by atoms with Gasteiger partial charge in [0.15, 0.2) is 0 Å². The van der Waals surface area contributed by atoms with Gasteiger partial charge in [-0.2, -0.15) is 5.10 Å². The molecular weight excluding hydrogens is 388 g/mol. The zero-order valence-corrected chi connectivity index (χ0v) is 16.7. The van der Waals surface area contributed by atoms with E-state index in [1.54, 1.807) is 36.5 Å². The van der Waals surface area contributed by atoms with Crippen LogP contribution in [0.15, 0.2) is 102 Å². The third kappa shape index (κ3) is 5.22. The third-order valence-electron chi connectivity index (χ3n) is 4.71. The number of esters is 1. The number of benzene rings is 4. The smallest absolute Gasteiger partial charge is 0.344 e. The lowest BCUT2D eigenvalue weighted by molar-refractivity contribution is -0.120. The van der Waals surface area contributed by atoms with Crippen LogP contribution in [0, 0.1) is 0 Å². The van der Waals surface area contributed by atoms with Crippen molar-refractivity contribution in [2.24, 2.45) is 5.10 Å². The SMILES string of the molecule is O=C(Cc1ccccc1)N/N=C\c1ccc(OC(=O)c2cccc3ccccc23)cc1. The molecule has 0 aliphatic rings. The second-order valence-corrected chi connectivity index (χ2v) is 6.94. The van der Waals surface area contributed by atoms with Crippen LogP contribution in [0.5, 0.6) is 5.75 Å². The van der Waals surface area contributed by atoms with Gasteiger partial charge in [-0.25, -0.2) is 10.2 Å². The molecule has 0 aliphatic heterocycles. The highest BCUT2D eigenvalue weighted by Gasteiger charge is 2.12. The van der Waals surface area contributed by atoms with Crippen LogP contribution in [0.3, 0.4) is 0 Å². The van der Waals surface area contributed by atoms with Crippen LogP contribution in [-0.4, -0.2) is 18.1 Å². The number of carbonyl (C=O) groups excluding carboxylic acids is 2. The van der Waals surface area contributed by atoms with E-state index >= 15 is 0 Å². The van der Waals surface area contributed by atoms with Gasteiger partial charge in [0.25, 0.3) is 0 Å². The minimum atomic E-state index is -0.411. The Kier molecular flexibility index (Phi) is 6.14. The molecule has 4 aromatic carbocycles. The minimum absolute atomic E-state index is 0.192. The van der Waals surface area contributed by atoms with Crippen molar-refractivity contribution in [1.29, 1.82) is 0 Å². The van der Waals surface area contributed by atoms with Gasteiger partial charge in [0.2, 0.25) is 5.91 Å². The largest absolute Gasteiger partial charge is 0.423 e. The normalized spacial score (nSPS) is 10.8. The standard InChI is InChI=1S/C26H20N2O3/c29-25(17-19-7-2-1-3-8-19)28-27-18-20-13-15-22(16-14-20)31-26(30)24-12-6-10-21-9-4-5-11-23(21)24/h1-16,18H,17H2,(H,28,29)/b27-18-. The highest BCUT2D eigenvalue weighted by atomic mass is 16.5. The van der Waals surface area contributed by atoms with Crippen molar-refractivity contribution >= 4 is 28.9 Å². The Labute approximate surface area is 180 Å². The summed E-state index contributed by atoms with van der Waals surface area (Å²) in [5.41, 5.74) is 4.72. The Bertz CT molecular complexity index is 1230. The van der Waals surface area contributed by atoms with Crippen LogP contribution in [-0.2, 0) is 11.2 Å². The van der Waals surface area contributed by atoms with E-state index in [0.29, 0.717) is 11.3 Å². The minimum Gasteiger partial charge on any atom is -0.423 e. The fourth-order valence-electron chi connectivity index (χ4n) is 3.19. The highest BCUT2D eigenvalue weighted by Crippen LogP contribution is 2.21. The summed E-state index contributed by atoms with van der Waals surface area (Å²) in [4.78, 5) is 24.5. The molecule has 1 N–H and O–H groups in total. The van der Waals surface area contributed by atoms with Crippen LogP contribution in [0.25, 0.3) is 10.8 Å². The first-order valence-electron chi connectivity index (χ1n) is 9.85. The monoisotopic (exact) mass is 408 g/mol. The lowest BCUT2D eigenvalue weighted by Gasteiger charge is -2.07. The molecule has 4 rings (SSSR count). The van der Waals surface area contributed by atoms with Gasteiger partial charge in [-0.05, 0) is 52.2 Å². The predicted molar refractivity (Wildman–Crippen MR) is 121 cm³/mol. The summed E-state index contributed by atoms with van der Waals surface area (Å²) in [7, 11) is 0. The lowest BCUT2D eigenvalue weighted by atomic mass is 10.0. The van der Waals surface area contributed by atoms with Gasteiger partial charge >= 0.3 is 5.97 Å². The van der Waals surface area contributed by atoms with E-state index in [2.05, 4.69) is 10.5 Å². The summed E-state index contributed by atoms with van der Waals surface area (Å²) in [5, 5.41) is 5.81. The maximum absolute atomic E-state index is 12.6. The molecule has 0 fully saturated rings. The quantitative estimate of drug-likeness (QED) is 0.217. The number of ether oxygens (including phenoxy) is 1. The number of rotatable bonds is 6. The van der Waals surface area contributed by atoms with Crippen LogP contribution in [0.2, 0.25) is 0 Å². The van der Waals surface area contributed by atoms with Crippen LogP contribution in [0.1, 0.15) is 21.5 Å². The molecule has 5 nitrogen and oxygen atoms in total. The average Bonchev–Trinajstić information content (AvgIpc) is 2.80. The number of nitrogens with zero attached hydrogens (tertiary/aromatic N) is 1.